The van der Waals surface area contributed by atoms with Crippen LogP contribution in [0, 0.1) is 6.92 Å². The normalized spacial score (nSPS) is 15.9. The first kappa shape index (κ1) is 12.9. The fraction of sp³-hybridized carbons (Fsp3) is 0.500. The molecule has 1 aliphatic heterocycles. The van der Waals surface area contributed by atoms with E-state index in [0.717, 1.165) is 31.9 Å². The Morgan fingerprint density at radius 1 is 1.25 bits per heavy atom. The standard InChI is InChI=1S/C14H18N4O2/c1-3-12(19)17-6-8-18(9-7-17)14-16-13-11(20-14)5-4-10(2)15-13/h4-5H,3,6-9H2,1-2H3. The van der Waals surface area contributed by atoms with Crippen molar-refractivity contribution in [3.05, 3.63) is 17.8 Å². The van der Waals surface area contributed by atoms with Gasteiger partial charge < -0.3 is 14.2 Å². The third kappa shape index (κ3) is 2.33. The van der Waals surface area contributed by atoms with Gasteiger partial charge in [-0.3, -0.25) is 4.79 Å². The number of hydrogen-bond donors (Lipinski definition) is 0. The zero-order chi connectivity index (χ0) is 14.1. The number of fused-ring (bicyclic) bond motifs is 1. The molecular formula is C14H18N4O2. The number of piperazine rings is 1. The maximum Gasteiger partial charge on any atom is 0.300 e. The number of oxazole rings is 1. The van der Waals surface area contributed by atoms with Crippen LogP contribution in [-0.2, 0) is 4.79 Å². The maximum atomic E-state index is 11.6. The van der Waals surface area contributed by atoms with E-state index in [4.69, 9.17) is 4.42 Å². The van der Waals surface area contributed by atoms with Crippen LogP contribution in [0.15, 0.2) is 16.5 Å². The molecule has 3 rings (SSSR count). The van der Waals surface area contributed by atoms with Crippen LogP contribution < -0.4 is 4.90 Å². The molecule has 1 fully saturated rings. The van der Waals surface area contributed by atoms with Crippen molar-refractivity contribution >= 4 is 23.2 Å². The van der Waals surface area contributed by atoms with Gasteiger partial charge in [0.1, 0.15) is 0 Å². The number of aryl methyl sites for hydroxylation is 1. The maximum absolute atomic E-state index is 11.6. The minimum Gasteiger partial charge on any atom is -0.422 e. The molecule has 0 unspecified atom stereocenters. The summed E-state index contributed by atoms with van der Waals surface area (Å²) < 4.78 is 5.73. The summed E-state index contributed by atoms with van der Waals surface area (Å²) in [4.78, 5) is 24.4. The van der Waals surface area contributed by atoms with Crippen molar-refractivity contribution in [1.82, 2.24) is 14.9 Å². The van der Waals surface area contributed by atoms with Crippen molar-refractivity contribution in [2.45, 2.75) is 20.3 Å². The second-order valence-electron chi connectivity index (χ2n) is 4.99. The monoisotopic (exact) mass is 274 g/mol. The van der Waals surface area contributed by atoms with Gasteiger partial charge in [0, 0.05) is 38.3 Å². The number of hydrogen-bond acceptors (Lipinski definition) is 5. The Morgan fingerprint density at radius 3 is 2.70 bits per heavy atom. The van der Waals surface area contributed by atoms with Gasteiger partial charge in [-0.25, -0.2) is 4.98 Å². The number of pyridine rings is 1. The predicted molar refractivity (Wildman–Crippen MR) is 75.6 cm³/mol. The first-order valence-electron chi connectivity index (χ1n) is 6.94. The Kier molecular flexibility index (Phi) is 3.30. The lowest BCUT2D eigenvalue weighted by Crippen LogP contribution is -2.48. The summed E-state index contributed by atoms with van der Waals surface area (Å²) in [5.74, 6) is 0.208. The fourth-order valence-electron chi connectivity index (χ4n) is 2.41. The van der Waals surface area contributed by atoms with Gasteiger partial charge in [0.25, 0.3) is 6.01 Å². The van der Waals surface area contributed by atoms with Gasteiger partial charge in [-0.2, -0.15) is 4.98 Å². The van der Waals surface area contributed by atoms with E-state index in [1.54, 1.807) is 0 Å². The van der Waals surface area contributed by atoms with Crippen LogP contribution in [0.5, 0.6) is 0 Å². The van der Waals surface area contributed by atoms with Gasteiger partial charge in [0.15, 0.2) is 5.58 Å². The van der Waals surface area contributed by atoms with E-state index in [2.05, 4.69) is 14.9 Å². The molecular weight excluding hydrogens is 256 g/mol. The van der Waals surface area contributed by atoms with E-state index in [9.17, 15) is 4.79 Å². The van der Waals surface area contributed by atoms with E-state index in [0.29, 0.717) is 23.7 Å². The van der Waals surface area contributed by atoms with Crippen LogP contribution in [0.25, 0.3) is 11.2 Å². The van der Waals surface area contributed by atoms with Gasteiger partial charge in [0.05, 0.1) is 0 Å². The van der Waals surface area contributed by atoms with Crippen molar-refractivity contribution in [2.24, 2.45) is 0 Å². The van der Waals surface area contributed by atoms with Gasteiger partial charge >= 0.3 is 0 Å². The van der Waals surface area contributed by atoms with Crippen LogP contribution in [0.3, 0.4) is 0 Å². The van der Waals surface area contributed by atoms with Gasteiger partial charge in [0.2, 0.25) is 11.6 Å². The lowest BCUT2D eigenvalue weighted by molar-refractivity contribution is -0.131. The molecule has 0 bridgehead atoms. The summed E-state index contributed by atoms with van der Waals surface area (Å²) in [6.45, 7) is 6.76. The third-order valence-electron chi connectivity index (χ3n) is 3.59. The Hall–Kier alpha value is -2.11. The minimum atomic E-state index is 0.208. The molecule has 2 aromatic heterocycles. The molecule has 1 saturated heterocycles. The smallest absolute Gasteiger partial charge is 0.300 e. The summed E-state index contributed by atoms with van der Waals surface area (Å²) in [7, 11) is 0. The highest BCUT2D eigenvalue weighted by atomic mass is 16.4. The lowest BCUT2D eigenvalue weighted by Gasteiger charge is -2.33. The van der Waals surface area contributed by atoms with E-state index in [-0.39, 0.29) is 5.91 Å². The van der Waals surface area contributed by atoms with Crippen molar-refractivity contribution in [3.63, 3.8) is 0 Å². The molecule has 0 saturated carbocycles. The molecule has 3 heterocycles. The summed E-state index contributed by atoms with van der Waals surface area (Å²) in [5, 5.41) is 0. The molecule has 6 nitrogen and oxygen atoms in total. The topological polar surface area (TPSA) is 62.5 Å². The average Bonchev–Trinajstić information content (AvgIpc) is 2.89. The molecule has 2 aromatic rings. The molecule has 0 spiro atoms. The number of anilines is 1. The summed E-state index contributed by atoms with van der Waals surface area (Å²) in [5.41, 5.74) is 2.28. The molecule has 1 aliphatic rings. The van der Waals surface area contributed by atoms with Crippen molar-refractivity contribution in [2.75, 3.05) is 31.1 Å². The van der Waals surface area contributed by atoms with Crippen LogP contribution in [0.2, 0.25) is 0 Å². The van der Waals surface area contributed by atoms with Crippen molar-refractivity contribution in [3.8, 4) is 0 Å². The molecule has 0 aromatic carbocycles. The van der Waals surface area contributed by atoms with Crippen LogP contribution >= 0.6 is 0 Å². The van der Waals surface area contributed by atoms with Crippen molar-refractivity contribution in [1.29, 1.82) is 0 Å². The molecule has 0 radical (unpaired) electrons. The molecule has 0 atom stereocenters. The Balaban J connectivity index is 1.75. The molecule has 0 aliphatic carbocycles. The van der Waals surface area contributed by atoms with Crippen molar-refractivity contribution < 1.29 is 9.21 Å². The number of carbonyl (C=O) groups is 1. The van der Waals surface area contributed by atoms with Gasteiger partial charge in [-0.1, -0.05) is 6.92 Å². The third-order valence-corrected chi connectivity index (χ3v) is 3.59. The van der Waals surface area contributed by atoms with Crippen LogP contribution in [0.1, 0.15) is 19.0 Å². The summed E-state index contributed by atoms with van der Waals surface area (Å²) in [6.07, 6.45) is 0.562. The zero-order valence-corrected chi connectivity index (χ0v) is 11.8. The largest absolute Gasteiger partial charge is 0.422 e. The van der Waals surface area contributed by atoms with E-state index < -0.39 is 0 Å². The molecule has 1 amide bonds. The second kappa shape index (κ2) is 5.11. The number of nitrogens with zero attached hydrogens (tertiary/aromatic N) is 4. The average molecular weight is 274 g/mol. The molecule has 0 N–H and O–H groups in total. The van der Waals surface area contributed by atoms with Gasteiger partial charge in [-0.05, 0) is 19.1 Å². The zero-order valence-electron chi connectivity index (χ0n) is 11.8. The van der Waals surface area contributed by atoms with Gasteiger partial charge in [-0.15, -0.1) is 0 Å². The van der Waals surface area contributed by atoms with Crippen LogP contribution in [-0.4, -0.2) is 47.0 Å². The Labute approximate surface area is 117 Å². The first-order chi connectivity index (χ1) is 9.67. The SMILES string of the molecule is CCC(=O)N1CCN(c2nc3nc(C)ccc3o2)CC1. The Morgan fingerprint density at radius 2 is 2.00 bits per heavy atom. The second-order valence-corrected chi connectivity index (χ2v) is 4.99. The number of amides is 1. The van der Waals surface area contributed by atoms with E-state index in [1.165, 1.54) is 0 Å². The molecule has 106 valence electrons. The number of carbonyl (C=O) groups excluding carboxylic acids is 1. The van der Waals surface area contributed by atoms with E-state index >= 15 is 0 Å². The Bertz CT molecular complexity index is 629. The highest BCUT2D eigenvalue weighted by molar-refractivity contribution is 5.76. The molecule has 6 heteroatoms. The van der Waals surface area contributed by atoms with Crippen LogP contribution in [0.4, 0.5) is 6.01 Å². The fourth-order valence-corrected chi connectivity index (χ4v) is 2.41. The quantitative estimate of drug-likeness (QED) is 0.832. The molecule has 20 heavy (non-hydrogen) atoms. The highest BCUT2D eigenvalue weighted by Crippen LogP contribution is 2.22. The highest BCUT2D eigenvalue weighted by Gasteiger charge is 2.23. The van der Waals surface area contributed by atoms with E-state index in [1.807, 2.05) is 30.9 Å². The summed E-state index contributed by atoms with van der Waals surface area (Å²) >= 11 is 0. The number of rotatable bonds is 2. The predicted octanol–water partition coefficient (Wildman–Crippen LogP) is 1.59. The number of aromatic nitrogens is 2. The summed E-state index contributed by atoms with van der Waals surface area (Å²) in [6, 6.07) is 4.40. The first-order valence-corrected chi connectivity index (χ1v) is 6.94. The minimum absolute atomic E-state index is 0.208. The lowest BCUT2D eigenvalue weighted by atomic mass is 10.3.